The molecule has 3 saturated carbocycles. The zero-order valence-electron chi connectivity index (χ0n) is 12.0. The molecule has 0 aromatic rings. The molecular formula is C16H30N2. The van der Waals surface area contributed by atoms with Crippen molar-refractivity contribution in [2.45, 2.75) is 70.4 Å². The molecule has 3 atom stereocenters. The maximum absolute atomic E-state index is 6.03. The highest BCUT2D eigenvalue weighted by Gasteiger charge is 2.40. The van der Waals surface area contributed by atoms with Crippen molar-refractivity contribution in [3.05, 3.63) is 0 Å². The van der Waals surface area contributed by atoms with Crippen molar-refractivity contribution in [1.29, 1.82) is 0 Å². The number of hydrogen-bond acceptors (Lipinski definition) is 2. The van der Waals surface area contributed by atoms with Crippen LogP contribution in [-0.4, -0.2) is 30.1 Å². The molecule has 2 bridgehead atoms. The van der Waals surface area contributed by atoms with Gasteiger partial charge in [0.1, 0.15) is 0 Å². The van der Waals surface area contributed by atoms with E-state index in [1.165, 1.54) is 58.0 Å². The van der Waals surface area contributed by atoms with Crippen LogP contribution in [0, 0.1) is 17.8 Å². The molecule has 104 valence electrons. The van der Waals surface area contributed by atoms with Crippen LogP contribution in [-0.2, 0) is 0 Å². The number of fused-ring (bicyclic) bond motifs is 2. The topological polar surface area (TPSA) is 29.3 Å². The summed E-state index contributed by atoms with van der Waals surface area (Å²) in [7, 11) is 0. The van der Waals surface area contributed by atoms with Gasteiger partial charge in [-0.1, -0.05) is 13.3 Å². The van der Waals surface area contributed by atoms with Gasteiger partial charge in [-0.2, -0.15) is 0 Å². The second-order valence-electron chi connectivity index (χ2n) is 7.09. The molecule has 3 aliphatic rings. The van der Waals surface area contributed by atoms with E-state index in [0.717, 1.165) is 23.8 Å². The summed E-state index contributed by atoms with van der Waals surface area (Å²) in [6, 6.07) is 1.33. The Morgan fingerprint density at radius 2 is 1.78 bits per heavy atom. The molecule has 2 nitrogen and oxygen atoms in total. The fourth-order valence-corrected chi connectivity index (χ4v) is 4.90. The van der Waals surface area contributed by atoms with E-state index in [0.29, 0.717) is 6.04 Å². The predicted octanol–water partition coefficient (Wildman–Crippen LogP) is 3.01. The Morgan fingerprint density at radius 3 is 2.33 bits per heavy atom. The van der Waals surface area contributed by atoms with Gasteiger partial charge in [0.2, 0.25) is 0 Å². The van der Waals surface area contributed by atoms with Crippen LogP contribution in [0.2, 0.25) is 0 Å². The Labute approximate surface area is 112 Å². The van der Waals surface area contributed by atoms with Gasteiger partial charge >= 0.3 is 0 Å². The average Bonchev–Trinajstić information content (AvgIpc) is 2.99. The Bertz CT molecular complexity index is 270. The summed E-state index contributed by atoms with van der Waals surface area (Å²) in [5.41, 5.74) is 6.03. The van der Waals surface area contributed by atoms with Gasteiger partial charge in [0.15, 0.2) is 0 Å². The van der Waals surface area contributed by atoms with Crippen molar-refractivity contribution >= 4 is 0 Å². The molecule has 0 aromatic heterocycles. The standard InChI is InChI=1S/C16H30N2/c1-2-18(16-7-5-15(17)6-8-16)11-14-10-12-3-4-13(14)9-12/h12-16H,2-11,17H2,1H3. The first kappa shape index (κ1) is 12.9. The molecule has 0 aliphatic heterocycles. The van der Waals surface area contributed by atoms with Crippen molar-refractivity contribution in [3.8, 4) is 0 Å². The molecule has 2 N–H and O–H groups in total. The van der Waals surface area contributed by atoms with E-state index in [9.17, 15) is 0 Å². The Hall–Kier alpha value is -0.0800. The van der Waals surface area contributed by atoms with E-state index in [1.807, 2.05) is 0 Å². The molecule has 3 fully saturated rings. The van der Waals surface area contributed by atoms with Crippen LogP contribution in [0.15, 0.2) is 0 Å². The SMILES string of the molecule is CCN(CC1CC2CCC1C2)C1CCC(N)CC1. The van der Waals surface area contributed by atoms with Gasteiger partial charge in [0.05, 0.1) is 0 Å². The van der Waals surface area contributed by atoms with Crippen LogP contribution in [0.3, 0.4) is 0 Å². The molecule has 0 spiro atoms. The Morgan fingerprint density at radius 1 is 1.00 bits per heavy atom. The first-order chi connectivity index (χ1) is 8.76. The lowest BCUT2D eigenvalue weighted by molar-refractivity contribution is 0.117. The van der Waals surface area contributed by atoms with Gasteiger partial charge in [-0.15, -0.1) is 0 Å². The monoisotopic (exact) mass is 250 g/mol. The largest absolute Gasteiger partial charge is 0.328 e. The third-order valence-electron chi connectivity index (χ3n) is 6.02. The summed E-state index contributed by atoms with van der Waals surface area (Å²) in [6.07, 6.45) is 11.3. The van der Waals surface area contributed by atoms with Gasteiger partial charge < -0.3 is 10.6 Å². The molecule has 3 aliphatic carbocycles. The summed E-state index contributed by atoms with van der Waals surface area (Å²) in [4.78, 5) is 2.79. The maximum Gasteiger partial charge on any atom is 0.00964 e. The van der Waals surface area contributed by atoms with Crippen molar-refractivity contribution in [1.82, 2.24) is 4.90 Å². The van der Waals surface area contributed by atoms with Crippen molar-refractivity contribution in [2.75, 3.05) is 13.1 Å². The first-order valence-electron chi connectivity index (χ1n) is 8.26. The minimum Gasteiger partial charge on any atom is -0.328 e. The van der Waals surface area contributed by atoms with E-state index in [4.69, 9.17) is 5.73 Å². The van der Waals surface area contributed by atoms with Gasteiger partial charge in [-0.3, -0.25) is 0 Å². The van der Waals surface area contributed by atoms with Crippen LogP contribution < -0.4 is 5.73 Å². The fourth-order valence-electron chi connectivity index (χ4n) is 4.90. The lowest BCUT2D eigenvalue weighted by atomic mass is 9.86. The van der Waals surface area contributed by atoms with E-state index in [-0.39, 0.29) is 0 Å². The number of nitrogens with two attached hydrogens (primary N) is 1. The fraction of sp³-hybridized carbons (Fsp3) is 1.00. The third-order valence-corrected chi connectivity index (χ3v) is 6.02. The summed E-state index contributed by atoms with van der Waals surface area (Å²) < 4.78 is 0. The summed E-state index contributed by atoms with van der Waals surface area (Å²) in [5.74, 6) is 3.20. The molecule has 3 unspecified atom stereocenters. The molecule has 2 heteroatoms. The van der Waals surface area contributed by atoms with Crippen molar-refractivity contribution in [2.24, 2.45) is 23.5 Å². The minimum atomic E-state index is 0.488. The molecule has 3 rings (SSSR count). The van der Waals surface area contributed by atoms with E-state index in [2.05, 4.69) is 11.8 Å². The van der Waals surface area contributed by atoms with Crippen LogP contribution in [0.4, 0.5) is 0 Å². The lowest BCUT2D eigenvalue weighted by Gasteiger charge is -2.38. The van der Waals surface area contributed by atoms with E-state index >= 15 is 0 Å². The van der Waals surface area contributed by atoms with Crippen LogP contribution in [0.1, 0.15) is 58.3 Å². The Kier molecular flexibility index (Phi) is 3.95. The molecule has 0 saturated heterocycles. The van der Waals surface area contributed by atoms with E-state index in [1.54, 1.807) is 6.42 Å². The average molecular weight is 250 g/mol. The second-order valence-corrected chi connectivity index (χ2v) is 7.09. The van der Waals surface area contributed by atoms with Crippen LogP contribution >= 0.6 is 0 Å². The van der Waals surface area contributed by atoms with Gasteiger partial charge in [0, 0.05) is 18.6 Å². The minimum absolute atomic E-state index is 0.488. The quantitative estimate of drug-likeness (QED) is 0.831. The van der Waals surface area contributed by atoms with Crippen molar-refractivity contribution < 1.29 is 0 Å². The van der Waals surface area contributed by atoms with Crippen molar-refractivity contribution in [3.63, 3.8) is 0 Å². The van der Waals surface area contributed by atoms with Gasteiger partial charge in [0.25, 0.3) is 0 Å². The number of hydrogen-bond donors (Lipinski definition) is 1. The lowest BCUT2D eigenvalue weighted by Crippen LogP contribution is -2.43. The highest BCUT2D eigenvalue weighted by molar-refractivity contribution is 4.92. The summed E-state index contributed by atoms with van der Waals surface area (Å²) in [5, 5.41) is 0. The molecule has 0 radical (unpaired) electrons. The smallest absolute Gasteiger partial charge is 0.00964 e. The van der Waals surface area contributed by atoms with Crippen LogP contribution in [0.25, 0.3) is 0 Å². The van der Waals surface area contributed by atoms with E-state index < -0.39 is 0 Å². The molecule has 0 heterocycles. The zero-order valence-corrected chi connectivity index (χ0v) is 12.0. The highest BCUT2D eigenvalue weighted by atomic mass is 15.2. The molecule has 18 heavy (non-hydrogen) atoms. The van der Waals surface area contributed by atoms with Gasteiger partial charge in [-0.05, 0) is 69.2 Å². The summed E-state index contributed by atoms with van der Waals surface area (Å²) >= 11 is 0. The molecule has 0 aromatic carbocycles. The summed E-state index contributed by atoms with van der Waals surface area (Å²) in [6.45, 7) is 4.98. The predicted molar refractivity (Wildman–Crippen MR) is 76.4 cm³/mol. The number of nitrogens with zero attached hydrogens (tertiary/aromatic N) is 1. The third kappa shape index (κ3) is 2.60. The number of rotatable bonds is 4. The van der Waals surface area contributed by atoms with Crippen LogP contribution in [0.5, 0.6) is 0 Å². The molecular weight excluding hydrogens is 220 g/mol. The normalized spacial score (nSPS) is 43.8. The second kappa shape index (κ2) is 5.50. The molecule has 0 amide bonds. The zero-order chi connectivity index (χ0) is 12.5. The Balaban J connectivity index is 1.53. The first-order valence-corrected chi connectivity index (χ1v) is 8.26. The maximum atomic E-state index is 6.03. The highest BCUT2D eigenvalue weighted by Crippen LogP contribution is 2.48. The van der Waals surface area contributed by atoms with Gasteiger partial charge in [-0.25, -0.2) is 0 Å².